The minimum atomic E-state index is 0. The fourth-order valence-electron chi connectivity index (χ4n) is 2.23. The zero-order chi connectivity index (χ0) is 12.1. The highest BCUT2D eigenvalue weighted by Crippen LogP contribution is 2.15. The lowest BCUT2D eigenvalue weighted by Gasteiger charge is -2.24. The van der Waals surface area contributed by atoms with Crippen molar-refractivity contribution in [3.8, 4) is 0 Å². The lowest BCUT2D eigenvalue weighted by molar-refractivity contribution is -0.126. The zero-order valence-corrected chi connectivity index (χ0v) is 11.5. The van der Waals surface area contributed by atoms with Gasteiger partial charge in [-0.3, -0.25) is 4.79 Å². The van der Waals surface area contributed by atoms with Crippen molar-refractivity contribution in [2.45, 2.75) is 25.8 Å². The molecule has 0 saturated carbocycles. The van der Waals surface area contributed by atoms with Gasteiger partial charge in [-0.2, -0.15) is 0 Å². The smallest absolute Gasteiger partial charge is 0.224 e. The van der Waals surface area contributed by atoms with Gasteiger partial charge in [0.15, 0.2) is 0 Å². The second-order valence-electron chi connectivity index (χ2n) is 4.68. The predicted octanol–water partition coefficient (Wildman–Crippen LogP) is 2.29. The molecule has 0 aliphatic carbocycles. The van der Waals surface area contributed by atoms with Gasteiger partial charge in [0.1, 0.15) is 0 Å². The highest BCUT2D eigenvalue weighted by atomic mass is 35.5. The summed E-state index contributed by atoms with van der Waals surface area (Å²) in [6, 6.07) is 10.2. The van der Waals surface area contributed by atoms with Crippen LogP contribution in [-0.4, -0.2) is 19.0 Å². The van der Waals surface area contributed by atoms with Crippen molar-refractivity contribution in [2.24, 2.45) is 5.92 Å². The standard InChI is InChI=1S/C14H20N2O.ClH/c1-11(12-6-3-2-4-7-12)16-14(17)13-8-5-9-15-10-13;/h2-4,6-7,11,13,15H,5,8-10H2,1H3,(H,16,17);1H. The maximum Gasteiger partial charge on any atom is 0.224 e. The van der Waals surface area contributed by atoms with E-state index < -0.39 is 0 Å². The molecule has 18 heavy (non-hydrogen) atoms. The summed E-state index contributed by atoms with van der Waals surface area (Å²) in [5.41, 5.74) is 1.16. The number of hydrogen-bond acceptors (Lipinski definition) is 2. The molecule has 1 aliphatic heterocycles. The number of rotatable bonds is 3. The first-order valence-corrected chi connectivity index (χ1v) is 6.33. The van der Waals surface area contributed by atoms with E-state index in [2.05, 4.69) is 10.6 Å². The number of carbonyl (C=O) groups excluding carboxylic acids is 1. The monoisotopic (exact) mass is 268 g/mol. The number of amides is 1. The molecule has 2 N–H and O–H groups in total. The van der Waals surface area contributed by atoms with Crippen LogP contribution in [0.15, 0.2) is 30.3 Å². The van der Waals surface area contributed by atoms with Crippen LogP contribution < -0.4 is 10.6 Å². The number of halogens is 1. The van der Waals surface area contributed by atoms with Crippen LogP contribution in [0, 0.1) is 5.92 Å². The van der Waals surface area contributed by atoms with Gasteiger partial charge in [0.05, 0.1) is 12.0 Å². The van der Waals surface area contributed by atoms with E-state index in [4.69, 9.17) is 0 Å². The van der Waals surface area contributed by atoms with E-state index in [9.17, 15) is 4.79 Å². The molecule has 1 heterocycles. The summed E-state index contributed by atoms with van der Waals surface area (Å²) in [4.78, 5) is 12.0. The molecule has 1 aromatic rings. The Hall–Kier alpha value is -1.06. The van der Waals surface area contributed by atoms with Crippen LogP contribution in [0.1, 0.15) is 31.4 Å². The minimum absolute atomic E-state index is 0. The second-order valence-corrected chi connectivity index (χ2v) is 4.68. The summed E-state index contributed by atoms with van der Waals surface area (Å²) >= 11 is 0. The average molecular weight is 269 g/mol. The Bertz CT molecular complexity index is 363. The van der Waals surface area contributed by atoms with Crippen molar-refractivity contribution in [3.05, 3.63) is 35.9 Å². The SMILES string of the molecule is CC(NC(=O)C1CCCNC1)c1ccccc1.Cl. The van der Waals surface area contributed by atoms with Crippen molar-refractivity contribution in [1.82, 2.24) is 10.6 Å². The highest BCUT2D eigenvalue weighted by Gasteiger charge is 2.22. The van der Waals surface area contributed by atoms with Gasteiger partial charge in [-0.25, -0.2) is 0 Å². The molecular weight excluding hydrogens is 248 g/mol. The number of carbonyl (C=O) groups is 1. The molecule has 1 fully saturated rings. The molecule has 2 atom stereocenters. The summed E-state index contributed by atoms with van der Waals surface area (Å²) in [7, 11) is 0. The second kappa shape index (κ2) is 7.39. The molecule has 100 valence electrons. The third kappa shape index (κ3) is 4.00. The topological polar surface area (TPSA) is 41.1 Å². The van der Waals surface area contributed by atoms with Crippen LogP contribution in [0.3, 0.4) is 0 Å². The largest absolute Gasteiger partial charge is 0.349 e. The minimum Gasteiger partial charge on any atom is -0.349 e. The molecule has 0 spiro atoms. The Morgan fingerprint density at radius 3 is 2.72 bits per heavy atom. The fourth-order valence-corrected chi connectivity index (χ4v) is 2.23. The van der Waals surface area contributed by atoms with Crippen LogP contribution in [-0.2, 0) is 4.79 Å². The molecule has 0 bridgehead atoms. The van der Waals surface area contributed by atoms with Crippen molar-refractivity contribution in [3.63, 3.8) is 0 Å². The van der Waals surface area contributed by atoms with E-state index in [1.165, 1.54) is 0 Å². The van der Waals surface area contributed by atoms with Crippen molar-refractivity contribution >= 4 is 18.3 Å². The number of nitrogens with one attached hydrogen (secondary N) is 2. The van der Waals surface area contributed by atoms with Crippen LogP contribution in [0.2, 0.25) is 0 Å². The van der Waals surface area contributed by atoms with Gasteiger partial charge in [-0.05, 0) is 31.9 Å². The molecular formula is C14H21ClN2O. The normalized spacial score (nSPS) is 20.6. The van der Waals surface area contributed by atoms with Gasteiger partial charge in [0, 0.05) is 6.54 Å². The van der Waals surface area contributed by atoms with E-state index in [1.54, 1.807) is 0 Å². The van der Waals surface area contributed by atoms with E-state index in [0.29, 0.717) is 0 Å². The van der Waals surface area contributed by atoms with Crippen molar-refractivity contribution in [1.29, 1.82) is 0 Å². The van der Waals surface area contributed by atoms with Crippen LogP contribution >= 0.6 is 12.4 Å². The van der Waals surface area contributed by atoms with E-state index in [-0.39, 0.29) is 30.3 Å². The fraction of sp³-hybridized carbons (Fsp3) is 0.500. The van der Waals surface area contributed by atoms with Gasteiger partial charge in [-0.1, -0.05) is 30.3 Å². The first-order chi connectivity index (χ1) is 8.27. The summed E-state index contributed by atoms with van der Waals surface area (Å²) < 4.78 is 0. The van der Waals surface area contributed by atoms with Crippen LogP contribution in [0.4, 0.5) is 0 Å². The maximum absolute atomic E-state index is 12.0. The van der Waals surface area contributed by atoms with Gasteiger partial charge >= 0.3 is 0 Å². The van der Waals surface area contributed by atoms with Gasteiger partial charge in [0.2, 0.25) is 5.91 Å². The molecule has 1 saturated heterocycles. The first-order valence-electron chi connectivity index (χ1n) is 6.33. The Labute approximate surface area is 115 Å². The number of piperidine rings is 1. The molecule has 1 aliphatic rings. The third-order valence-electron chi connectivity index (χ3n) is 3.33. The summed E-state index contributed by atoms with van der Waals surface area (Å²) in [5.74, 6) is 0.309. The van der Waals surface area contributed by atoms with E-state index in [0.717, 1.165) is 31.5 Å². The lowest BCUT2D eigenvalue weighted by Crippen LogP contribution is -2.41. The molecule has 0 aromatic heterocycles. The zero-order valence-electron chi connectivity index (χ0n) is 10.7. The lowest BCUT2D eigenvalue weighted by atomic mass is 9.98. The first kappa shape index (κ1) is 15.0. The van der Waals surface area contributed by atoms with Gasteiger partial charge < -0.3 is 10.6 Å². The maximum atomic E-state index is 12.0. The van der Waals surface area contributed by atoms with Crippen LogP contribution in [0.25, 0.3) is 0 Å². The average Bonchev–Trinajstić information content (AvgIpc) is 2.40. The Morgan fingerprint density at radius 1 is 1.39 bits per heavy atom. The Morgan fingerprint density at radius 2 is 2.11 bits per heavy atom. The molecule has 0 radical (unpaired) electrons. The summed E-state index contributed by atoms with van der Waals surface area (Å²) in [6.07, 6.45) is 2.10. The third-order valence-corrected chi connectivity index (χ3v) is 3.33. The van der Waals surface area contributed by atoms with E-state index in [1.807, 2.05) is 37.3 Å². The summed E-state index contributed by atoms with van der Waals surface area (Å²) in [5, 5.41) is 6.35. The van der Waals surface area contributed by atoms with Gasteiger partial charge in [0.25, 0.3) is 0 Å². The van der Waals surface area contributed by atoms with Crippen molar-refractivity contribution in [2.75, 3.05) is 13.1 Å². The highest BCUT2D eigenvalue weighted by molar-refractivity contribution is 5.85. The molecule has 1 aromatic carbocycles. The summed E-state index contributed by atoms with van der Waals surface area (Å²) in [6.45, 7) is 3.88. The molecule has 1 amide bonds. The molecule has 2 rings (SSSR count). The molecule has 2 unspecified atom stereocenters. The molecule has 4 heteroatoms. The van der Waals surface area contributed by atoms with Crippen molar-refractivity contribution < 1.29 is 4.79 Å². The van der Waals surface area contributed by atoms with Crippen LogP contribution in [0.5, 0.6) is 0 Å². The molecule has 3 nitrogen and oxygen atoms in total. The predicted molar refractivity (Wildman–Crippen MR) is 75.8 cm³/mol. The Balaban J connectivity index is 0.00000162. The van der Waals surface area contributed by atoms with Gasteiger partial charge in [-0.15, -0.1) is 12.4 Å². The van der Waals surface area contributed by atoms with E-state index >= 15 is 0 Å². The number of hydrogen-bond donors (Lipinski definition) is 2. The number of benzene rings is 1. The quantitative estimate of drug-likeness (QED) is 0.883. The Kier molecular flexibility index (Phi) is 6.16.